The summed E-state index contributed by atoms with van der Waals surface area (Å²) in [5.41, 5.74) is 5.21. The van der Waals surface area contributed by atoms with Crippen molar-refractivity contribution in [2.75, 3.05) is 0 Å². The Hall–Kier alpha value is -2.38. The minimum atomic E-state index is -0.860. The minimum Gasteiger partial charge on any atom is -0.478 e. The maximum atomic E-state index is 11.4. The molecule has 4 aliphatic rings. The van der Waals surface area contributed by atoms with Gasteiger partial charge in [-0.15, -0.1) is 0 Å². The van der Waals surface area contributed by atoms with Gasteiger partial charge in [0, 0.05) is 36.2 Å². The zero-order chi connectivity index (χ0) is 26.0. The molecule has 0 spiro atoms. The van der Waals surface area contributed by atoms with Gasteiger partial charge in [-0.2, -0.15) is 0 Å². The number of hydrogen-bond acceptors (Lipinski definition) is 5. The van der Waals surface area contributed by atoms with Crippen LogP contribution in [0.1, 0.15) is 77.3 Å². The first-order valence-corrected chi connectivity index (χ1v) is 14.4. The summed E-state index contributed by atoms with van der Waals surface area (Å²) in [6, 6.07) is 11.6. The van der Waals surface area contributed by atoms with Crippen molar-refractivity contribution in [3.63, 3.8) is 0 Å². The summed E-state index contributed by atoms with van der Waals surface area (Å²) in [6.45, 7) is 2.20. The van der Waals surface area contributed by atoms with Crippen molar-refractivity contribution < 1.29 is 19.2 Å². The first kappa shape index (κ1) is 24.6. The lowest BCUT2D eigenvalue weighted by Gasteiger charge is -2.40. The van der Waals surface area contributed by atoms with Crippen LogP contribution in [0, 0.1) is 11.8 Å². The number of fused-ring (bicyclic) bond motifs is 3. The van der Waals surface area contributed by atoms with E-state index >= 15 is 0 Å². The van der Waals surface area contributed by atoms with E-state index < -0.39 is 5.97 Å². The van der Waals surface area contributed by atoms with Crippen molar-refractivity contribution in [2.45, 2.75) is 76.3 Å². The van der Waals surface area contributed by atoms with Crippen LogP contribution in [0.15, 0.2) is 40.9 Å². The summed E-state index contributed by atoms with van der Waals surface area (Å²) < 4.78 is 12.4. The molecule has 3 fully saturated rings. The standard InChI is InChI=1S/C30H30Cl2N2O4/c31-24-2-1-3-25(32)26(24)27-23(29(38-33-27)16-4-5-16)15-37-22-11-17-6-7-18(12-22)28(17)34-13-20-9-8-19(30(35)36)10-21(20)14-34/h1-3,8-10,16-18,22,28H,4-7,11-15H2,(H,35,36). The predicted octanol–water partition coefficient (Wildman–Crippen LogP) is 7.31. The van der Waals surface area contributed by atoms with E-state index in [0.29, 0.717) is 57.3 Å². The van der Waals surface area contributed by atoms with Crippen LogP contribution in [0.3, 0.4) is 0 Å². The van der Waals surface area contributed by atoms with Crippen molar-refractivity contribution in [3.05, 3.63) is 74.5 Å². The molecule has 2 bridgehead atoms. The van der Waals surface area contributed by atoms with Crippen LogP contribution in [0.2, 0.25) is 10.0 Å². The zero-order valence-electron chi connectivity index (χ0n) is 21.0. The number of ether oxygens (including phenoxy) is 1. The second kappa shape index (κ2) is 9.67. The summed E-state index contributed by atoms with van der Waals surface area (Å²) >= 11 is 13.1. The van der Waals surface area contributed by atoms with Crippen molar-refractivity contribution >= 4 is 29.2 Å². The molecule has 3 aliphatic carbocycles. The number of hydrogen-bond donors (Lipinski definition) is 1. The third-order valence-corrected chi connectivity index (χ3v) is 9.69. The molecular formula is C30H30Cl2N2O4. The van der Waals surface area contributed by atoms with E-state index in [0.717, 1.165) is 55.7 Å². The van der Waals surface area contributed by atoms with Gasteiger partial charge in [0.15, 0.2) is 0 Å². The second-order valence-corrected chi connectivity index (χ2v) is 12.2. The molecule has 1 N–H and O–H groups in total. The number of benzene rings is 2. The van der Waals surface area contributed by atoms with Crippen molar-refractivity contribution in [1.82, 2.24) is 10.1 Å². The number of carboxylic acid groups (broad SMARTS) is 1. The normalized spacial score (nSPS) is 26.6. The van der Waals surface area contributed by atoms with E-state index in [4.69, 9.17) is 32.5 Å². The van der Waals surface area contributed by atoms with Gasteiger partial charge in [0.25, 0.3) is 0 Å². The fraction of sp³-hybridized carbons (Fsp3) is 0.467. The van der Waals surface area contributed by atoms with E-state index in [-0.39, 0.29) is 6.10 Å². The summed E-state index contributed by atoms with van der Waals surface area (Å²) in [7, 11) is 0. The molecule has 38 heavy (non-hydrogen) atoms. The fourth-order valence-corrected chi connectivity index (χ4v) is 7.76. The lowest BCUT2D eigenvalue weighted by Crippen LogP contribution is -2.44. The maximum absolute atomic E-state index is 11.4. The highest BCUT2D eigenvalue weighted by molar-refractivity contribution is 6.39. The van der Waals surface area contributed by atoms with Gasteiger partial charge in [0.05, 0.1) is 28.3 Å². The van der Waals surface area contributed by atoms with Crippen LogP contribution >= 0.6 is 23.2 Å². The molecule has 2 unspecified atom stereocenters. The van der Waals surface area contributed by atoms with Crippen LogP contribution in [0.4, 0.5) is 0 Å². The smallest absolute Gasteiger partial charge is 0.335 e. The molecule has 1 aromatic heterocycles. The number of aromatic carboxylic acids is 1. The molecule has 0 radical (unpaired) electrons. The van der Waals surface area contributed by atoms with Gasteiger partial charge in [-0.3, -0.25) is 4.90 Å². The Morgan fingerprint density at radius 2 is 1.74 bits per heavy atom. The Morgan fingerprint density at radius 1 is 1.03 bits per heavy atom. The van der Waals surface area contributed by atoms with Gasteiger partial charge in [-0.25, -0.2) is 4.79 Å². The molecule has 3 saturated carbocycles. The Labute approximate surface area is 231 Å². The van der Waals surface area contributed by atoms with Crippen LogP contribution < -0.4 is 0 Å². The number of halogens is 2. The van der Waals surface area contributed by atoms with Crippen LogP contribution in [0.5, 0.6) is 0 Å². The quantitative estimate of drug-likeness (QED) is 0.331. The number of nitrogens with zero attached hydrogens (tertiary/aromatic N) is 2. The monoisotopic (exact) mass is 552 g/mol. The number of aromatic nitrogens is 1. The topological polar surface area (TPSA) is 75.8 Å². The average Bonchev–Trinajstić information content (AvgIpc) is 3.42. The van der Waals surface area contributed by atoms with Crippen LogP contribution in [0.25, 0.3) is 11.3 Å². The van der Waals surface area contributed by atoms with Crippen molar-refractivity contribution in [2.24, 2.45) is 11.8 Å². The Morgan fingerprint density at radius 3 is 2.42 bits per heavy atom. The molecule has 7 rings (SSSR count). The van der Waals surface area contributed by atoms with Crippen LogP contribution in [-0.4, -0.2) is 33.3 Å². The van der Waals surface area contributed by atoms with E-state index in [1.54, 1.807) is 6.07 Å². The summed E-state index contributed by atoms with van der Waals surface area (Å²) in [5.74, 6) is 1.65. The molecule has 0 amide bonds. The Bertz CT molecular complexity index is 1370. The summed E-state index contributed by atoms with van der Waals surface area (Å²) in [6.07, 6.45) is 6.95. The predicted molar refractivity (Wildman–Crippen MR) is 144 cm³/mol. The lowest BCUT2D eigenvalue weighted by molar-refractivity contribution is -0.0334. The first-order chi connectivity index (χ1) is 18.5. The number of carbonyl (C=O) groups is 1. The van der Waals surface area contributed by atoms with Gasteiger partial charge < -0.3 is 14.4 Å². The van der Waals surface area contributed by atoms with Gasteiger partial charge in [-0.1, -0.05) is 40.5 Å². The molecule has 1 aliphatic heterocycles. The molecule has 3 aromatic rings. The number of rotatable bonds is 7. The molecule has 2 heterocycles. The third kappa shape index (κ3) is 4.36. The van der Waals surface area contributed by atoms with E-state index in [1.165, 1.54) is 18.4 Å². The first-order valence-electron chi connectivity index (χ1n) is 13.6. The Balaban J connectivity index is 1.06. The molecule has 0 saturated heterocycles. The van der Waals surface area contributed by atoms with Gasteiger partial charge in [-0.05, 0) is 85.8 Å². The molecule has 8 heteroatoms. The van der Waals surface area contributed by atoms with Gasteiger partial charge >= 0.3 is 5.97 Å². The molecule has 198 valence electrons. The number of carboxylic acids is 1. The van der Waals surface area contributed by atoms with E-state index in [1.807, 2.05) is 30.3 Å². The lowest BCUT2D eigenvalue weighted by atomic mass is 9.81. The van der Waals surface area contributed by atoms with Gasteiger partial charge in [0.1, 0.15) is 11.5 Å². The zero-order valence-corrected chi connectivity index (χ0v) is 22.5. The maximum Gasteiger partial charge on any atom is 0.335 e. The minimum absolute atomic E-state index is 0.198. The Kier molecular flexibility index (Phi) is 6.27. The highest BCUT2D eigenvalue weighted by Gasteiger charge is 2.47. The van der Waals surface area contributed by atoms with E-state index in [9.17, 15) is 9.90 Å². The van der Waals surface area contributed by atoms with Crippen molar-refractivity contribution in [1.29, 1.82) is 0 Å². The highest BCUT2D eigenvalue weighted by Crippen LogP contribution is 2.49. The molecular weight excluding hydrogens is 523 g/mol. The van der Waals surface area contributed by atoms with E-state index in [2.05, 4.69) is 10.1 Å². The average molecular weight is 553 g/mol. The van der Waals surface area contributed by atoms with Crippen LogP contribution in [-0.2, 0) is 24.4 Å². The molecule has 2 atom stereocenters. The second-order valence-electron chi connectivity index (χ2n) is 11.4. The fourth-order valence-electron chi connectivity index (χ4n) is 7.19. The largest absolute Gasteiger partial charge is 0.478 e. The summed E-state index contributed by atoms with van der Waals surface area (Å²) in [4.78, 5) is 14.0. The molecule has 2 aromatic carbocycles. The van der Waals surface area contributed by atoms with Gasteiger partial charge in [0.2, 0.25) is 0 Å². The SMILES string of the molecule is O=C(O)c1ccc2c(c1)CN(C1C3CCC1CC(OCc1c(-c4c(Cl)cccc4Cl)noc1C1CC1)C3)C2. The third-order valence-electron chi connectivity index (χ3n) is 9.06. The highest BCUT2D eigenvalue weighted by atomic mass is 35.5. The van der Waals surface area contributed by atoms with Crippen molar-refractivity contribution in [3.8, 4) is 11.3 Å². The molecule has 6 nitrogen and oxygen atoms in total. The summed E-state index contributed by atoms with van der Waals surface area (Å²) in [5, 5.41) is 14.9.